The lowest BCUT2D eigenvalue weighted by Gasteiger charge is -2.08. The second kappa shape index (κ2) is 4.65. The van der Waals surface area contributed by atoms with Crippen LogP contribution in [0.4, 0.5) is 0 Å². The first kappa shape index (κ1) is 11.1. The Hall–Kier alpha value is -1.36. The first-order valence-corrected chi connectivity index (χ1v) is 5.78. The number of rotatable bonds is 3. The van der Waals surface area contributed by atoms with Gasteiger partial charge in [0.25, 0.3) is 5.56 Å². The number of pyridine rings is 1. The quantitative estimate of drug-likeness (QED) is 0.861. The summed E-state index contributed by atoms with van der Waals surface area (Å²) >= 11 is 3.39. The average Bonchev–Trinajstić information content (AvgIpc) is 2.74. The van der Waals surface area contributed by atoms with Gasteiger partial charge in [0.15, 0.2) is 0 Å². The SMILES string of the molecule is Cc1cc(Br)cn(CCn2ccnc2)c1=O. The summed E-state index contributed by atoms with van der Waals surface area (Å²) in [6.45, 7) is 3.21. The highest BCUT2D eigenvalue weighted by atomic mass is 79.9. The van der Waals surface area contributed by atoms with E-state index < -0.39 is 0 Å². The van der Waals surface area contributed by atoms with Gasteiger partial charge in [-0.2, -0.15) is 0 Å². The van der Waals surface area contributed by atoms with Crippen molar-refractivity contribution in [3.63, 3.8) is 0 Å². The maximum Gasteiger partial charge on any atom is 0.253 e. The summed E-state index contributed by atoms with van der Waals surface area (Å²) in [6, 6.07) is 1.83. The largest absolute Gasteiger partial charge is 0.336 e. The van der Waals surface area contributed by atoms with Crippen LogP contribution in [-0.4, -0.2) is 14.1 Å². The van der Waals surface area contributed by atoms with Crippen LogP contribution in [0, 0.1) is 6.92 Å². The molecule has 0 aliphatic rings. The fraction of sp³-hybridized carbons (Fsp3) is 0.273. The predicted molar refractivity (Wildman–Crippen MR) is 65.4 cm³/mol. The van der Waals surface area contributed by atoms with E-state index in [2.05, 4.69) is 20.9 Å². The third-order valence-corrected chi connectivity index (χ3v) is 2.82. The number of nitrogens with zero attached hydrogens (tertiary/aromatic N) is 3. The number of halogens is 1. The van der Waals surface area contributed by atoms with E-state index in [1.165, 1.54) is 0 Å². The highest BCUT2D eigenvalue weighted by Crippen LogP contribution is 2.08. The van der Waals surface area contributed by atoms with E-state index in [-0.39, 0.29) is 5.56 Å². The minimum Gasteiger partial charge on any atom is -0.336 e. The van der Waals surface area contributed by atoms with Crippen LogP contribution in [0.15, 0.2) is 40.3 Å². The van der Waals surface area contributed by atoms with Crippen LogP contribution in [0.25, 0.3) is 0 Å². The van der Waals surface area contributed by atoms with Gasteiger partial charge in [0.2, 0.25) is 0 Å². The molecule has 5 heteroatoms. The third kappa shape index (κ3) is 2.41. The molecule has 0 spiro atoms. The van der Waals surface area contributed by atoms with Gasteiger partial charge in [-0.25, -0.2) is 4.98 Å². The van der Waals surface area contributed by atoms with Crippen molar-refractivity contribution in [2.45, 2.75) is 20.0 Å². The molecule has 0 atom stereocenters. The minimum absolute atomic E-state index is 0.0586. The summed E-state index contributed by atoms with van der Waals surface area (Å²) in [6.07, 6.45) is 7.17. The van der Waals surface area contributed by atoms with E-state index >= 15 is 0 Å². The van der Waals surface area contributed by atoms with Gasteiger partial charge in [-0.1, -0.05) is 0 Å². The van der Waals surface area contributed by atoms with Crippen LogP contribution >= 0.6 is 15.9 Å². The zero-order valence-corrected chi connectivity index (χ0v) is 10.5. The molecule has 0 aliphatic carbocycles. The predicted octanol–water partition coefficient (Wildman–Crippen LogP) is 1.82. The maximum absolute atomic E-state index is 11.8. The number of hydrogen-bond donors (Lipinski definition) is 0. The van der Waals surface area contributed by atoms with Crippen LogP contribution in [0.5, 0.6) is 0 Å². The fourth-order valence-electron chi connectivity index (χ4n) is 1.55. The molecule has 0 saturated heterocycles. The molecule has 0 radical (unpaired) electrons. The lowest BCUT2D eigenvalue weighted by molar-refractivity contribution is 0.562. The van der Waals surface area contributed by atoms with Gasteiger partial charge >= 0.3 is 0 Å². The van der Waals surface area contributed by atoms with E-state index in [0.29, 0.717) is 6.54 Å². The van der Waals surface area contributed by atoms with Crippen molar-refractivity contribution in [1.82, 2.24) is 14.1 Å². The van der Waals surface area contributed by atoms with Crippen LogP contribution in [0.2, 0.25) is 0 Å². The standard InChI is InChI=1S/C11H12BrN3O/c1-9-6-10(12)7-15(11(9)16)5-4-14-3-2-13-8-14/h2-3,6-8H,4-5H2,1H3. The number of aromatic nitrogens is 3. The molecule has 0 aromatic carbocycles. The van der Waals surface area contributed by atoms with Gasteiger partial charge in [0, 0.05) is 41.7 Å². The van der Waals surface area contributed by atoms with Crippen molar-refractivity contribution in [3.05, 3.63) is 51.4 Å². The van der Waals surface area contributed by atoms with Crippen LogP contribution in [-0.2, 0) is 13.1 Å². The van der Waals surface area contributed by atoms with E-state index in [1.54, 1.807) is 17.1 Å². The Labute approximate surface area is 102 Å². The van der Waals surface area contributed by atoms with Gasteiger partial charge < -0.3 is 9.13 Å². The fourth-order valence-corrected chi connectivity index (χ4v) is 2.14. The summed E-state index contributed by atoms with van der Waals surface area (Å²) in [7, 11) is 0. The summed E-state index contributed by atoms with van der Waals surface area (Å²) in [5.74, 6) is 0. The smallest absolute Gasteiger partial charge is 0.253 e. The molecule has 0 saturated carbocycles. The van der Waals surface area contributed by atoms with Gasteiger partial charge in [-0.05, 0) is 28.9 Å². The number of hydrogen-bond acceptors (Lipinski definition) is 2. The molecule has 2 rings (SSSR count). The second-order valence-corrected chi connectivity index (χ2v) is 4.56. The first-order valence-electron chi connectivity index (χ1n) is 4.99. The average molecular weight is 282 g/mol. The van der Waals surface area contributed by atoms with Gasteiger partial charge in [-0.3, -0.25) is 4.79 Å². The Morgan fingerprint density at radius 3 is 2.94 bits per heavy atom. The topological polar surface area (TPSA) is 39.8 Å². The van der Waals surface area contributed by atoms with Crippen molar-refractivity contribution < 1.29 is 0 Å². The lowest BCUT2D eigenvalue weighted by Crippen LogP contribution is -2.23. The third-order valence-electron chi connectivity index (χ3n) is 2.39. The molecule has 0 N–H and O–H groups in total. The molecular weight excluding hydrogens is 270 g/mol. The number of imidazole rings is 1. The van der Waals surface area contributed by atoms with Crippen LogP contribution in [0.3, 0.4) is 0 Å². The Bertz CT molecular complexity index is 531. The lowest BCUT2D eigenvalue weighted by atomic mass is 10.3. The zero-order valence-electron chi connectivity index (χ0n) is 8.93. The van der Waals surface area contributed by atoms with E-state index in [9.17, 15) is 4.79 Å². The minimum atomic E-state index is 0.0586. The molecule has 2 heterocycles. The highest BCUT2D eigenvalue weighted by Gasteiger charge is 2.01. The summed E-state index contributed by atoms with van der Waals surface area (Å²) in [5.41, 5.74) is 0.809. The first-order chi connectivity index (χ1) is 7.66. The normalized spacial score (nSPS) is 10.6. The highest BCUT2D eigenvalue weighted by molar-refractivity contribution is 9.10. The summed E-state index contributed by atoms with van der Waals surface area (Å²) in [4.78, 5) is 15.8. The van der Waals surface area contributed by atoms with Gasteiger partial charge in [-0.15, -0.1) is 0 Å². The van der Waals surface area contributed by atoms with E-state index in [0.717, 1.165) is 16.6 Å². The van der Waals surface area contributed by atoms with Crippen LogP contribution < -0.4 is 5.56 Å². The molecule has 0 fully saturated rings. The van der Waals surface area contributed by atoms with Crippen molar-refractivity contribution in [3.8, 4) is 0 Å². The Morgan fingerprint density at radius 2 is 2.25 bits per heavy atom. The molecule has 84 valence electrons. The van der Waals surface area contributed by atoms with Gasteiger partial charge in [0.1, 0.15) is 0 Å². The van der Waals surface area contributed by atoms with Crippen molar-refractivity contribution in [1.29, 1.82) is 0 Å². The molecule has 0 aliphatic heterocycles. The molecular formula is C11H12BrN3O. The maximum atomic E-state index is 11.8. The van der Waals surface area contributed by atoms with E-state index in [1.807, 2.05) is 30.0 Å². The summed E-state index contributed by atoms with van der Waals surface area (Å²) < 4.78 is 4.58. The van der Waals surface area contributed by atoms with Crippen molar-refractivity contribution in [2.75, 3.05) is 0 Å². The van der Waals surface area contributed by atoms with Crippen LogP contribution in [0.1, 0.15) is 5.56 Å². The van der Waals surface area contributed by atoms with E-state index in [4.69, 9.17) is 0 Å². The molecule has 0 bridgehead atoms. The Balaban J connectivity index is 2.18. The Kier molecular flexibility index (Phi) is 3.24. The number of aryl methyl sites for hydroxylation is 3. The molecule has 0 amide bonds. The van der Waals surface area contributed by atoms with Gasteiger partial charge in [0.05, 0.1) is 6.33 Å². The monoisotopic (exact) mass is 281 g/mol. The molecule has 16 heavy (non-hydrogen) atoms. The van der Waals surface area contributed by atoms with Crippen molar-refractivity contribution in [2.24, 2.45) is 0 Å². The zero-order chi connectivity index (χ0) is 11.5. The van der Waals surface area contributed by atoms with Crippen molar-refractivity contribution >= 4 is 15.9 Å². The molecule has 2 aromatic heterocycles. The molecule has 4 nitrogen and oxygen atoms in total. The molecule has 2 aromatic rings. The Morgan fingerprint density at radius 1 is 1.44 bits per heavy atom. The molecule has 0 unspecified atom stereocenters. The second-order valence-electron chi connectivity index (χ2n) is 3.64. The summed E-state index contributed by atoms with van der Waals surface area (Å²) in [5, 5.41) is 0.